The van der Waals surface area contributed by atoms with E-state index in [9.17, 15) is 4.79 Å². The van der Waals surface area contributed by atoms with Gasteiger partial charge in [0, 0.05) is 35.8 Å². The van der Waals surface area contributed by atoms with Crippen LogP contribution >= 0.6 is 11.8 Å². The number of nitrogens with zero attached hydrogens (tertiary/aromatic N) is 1. The molecule has 0 spiro atoms. The highest BCUT2D eigenvalue weighted by Gasteiger charge is 2.05. The molecule has 0 saturated carbocycles. The number of aliphatic imine (C=N–C) groups is 1. The number of benzene rings is 2. The predicted molar refractivity (Wildman–Crippen MR) is 116 cm³/mol. The van der Waals surface area contributed by atoms with E-state index in [1.54, 1.807) is 37.1 Å². The zero-order valence-corrected chi connectivity index (χ0v) is 17.2. The minimum Gasteiger partial charge on any atom is -0.497 e. The molecule has 150 valence electrons. The third-order valence-corrected chi connectivity index (χ3v) is 4.76. The molecule has 2 aromatic carbocycles. The molecular weight excluding hydrogens is 372 g/mol. The first-order chi connectivity index (χ1) is 13.7. The molecule has 2 aromatic rings. The number of amides is 1. The molecule has 0 fully saturated rings. The van der Waals surface area contributed by atoms with Gasteiger partial charge in [0.15, 0.2) is 5.96 Å². The summed E-state index contributed by atoms with van der Waals surface area (Å²) in [7, 11) is 1.58. The van der Waals surface area contributed by atoms with E-state index in [2.05, 4.69) is 33.1 Å². The number of hydrogen-bond acceptors (Lipinski definition) is 4. The Balaban J connectivity index is 1.71. The van der Waals surface area contributed by atoms with E-state index >= 15 is 0 Å². The molecule has 0 aliphatic heterocycles. The molecule has 0 heterocycles. The molecular formula is C21H28N4O2S. The van der Waals surface area contributed by atoms with Gasteiger partial charge in [-0.3, -0.25) is 9.79 Å². The summed E-state index contributed by atoms with van der Waals surface area (Å²) in [4.78, 5) is 17.9. The van der Waals surface area contributed by atoms with Crippen molar-refractivity contribution in [3.05, 3.63) is 60.2 Å². The van der Waals surface area contributed by atoms with Gasteiger partial charge in [-0.25, -0.2) is 0 Å². The van der Waals surface area contributed by atoms with Gasteiger partial charge in [0.05, 0.1) is 13.7 Å². The zero-order valence-electron chi connectivity index (χ0n) is 16.4. The van der Waals surface area contributed by atoms with Crippen LogP contribution in [0.15, 0.2) is 64.5 Å². The maximum Gasteiger partial charge on any atom is 0.251 e. The Morgan fingerprint density at radius 3 is 2.61 bits per heavy atom. The standard InChI is InChI=1S/C21H28N4O2S/c1-3-22-21(25-14-15-28-19-10-5-4-6-11-19)24-13-12-23-20(26)17-8-7-9-18(16-17)27-2/h4-11,16H,3,12-15H2,1-2H3,(H,23,26)(H2,22,24,25). The second kappa shape index (κ2) is 12.7. The molecule has 0 aliphatic carbocycles. The molecule has 0 radical (unpaired) electrons. The number of carbonyl (C=O) groups excluding carboxylic acids is 1. The zero-order chi connectivity index (χ0) is 20.0. The molecule has 6 nitrogen and oxygen atoms in total. The smallest absolute Gasteiger partial charge is 0.251 e. The van der Waals surface area contributed by atoms with Crippen LogP contribution in [0.25, 0.3) is 0 Å². The van der Waals surface area contributed by atoms with Gasteiger partial charge in [0.2, 0.25) is 0 Å². The van der Waals surface area contributed by atoms with E-state index < -0.39 is 0 Å². The van der Waals surface area contributed by atoms with Crippen LogP contribution in [0.5, 0.6) is 5.75 Å². The molecule has 0 unspecified atom stereocenters. The van der Waals surface area contributed by atoms with Gasteiger partial charge in [0.1, 0.15) is 5.75 Å². The van der Waals surface area contributed by atoms with Crippen LogP contribution < -0.4 is 20.7 Å². The van der Waals surface area contributed by atoms with Crippen molar-refractivity contribution in [3.8, 4) is 5.75 Å². The topological polar surface area (TPSA) is 74.8 Å². The summed E-state index contributed by atoms with van der Waals surface area (Å²) in [5, 5.41) is 9.41. The molecule has 0 saturated heterocycles. The van der Waals surface area contributed by atoms with Gasteiger partial charge < -0.3 is 20.7 Å². The highest BCUT2D eigenvalue weighted by molar-refractivity contribution is 7.99. The Kier molecular flexibility index (Phi) is 9.79. The summed E-state index contributed by atoms with van der Waals surface area (Å²) in [5.74, 6) is 2.23. The van der Waals surface area contributed by atoms with Crippen LogP contribution in [0.3, 0.4) is 0 Å². The fourth-order valence-electron chi connectivity index (χ4n) is 2.40. The number of nitrogens with one attached hydrogen (secondary N) is 3. The third kappa shape index (κ3) is 7.92. The van der Waals surface area contributed by atoms with Crippen LogP contribution in [0.1, 0.15) is 17.3 Å². The summed E-state index contributed by atoms with van der Waals surface area (Å²) in [5.41, 5.74) is 0.575. The van der Waals surface area contributed by atoms with E-state index in [4.69, 9.17) is 4.74 Å². The molecule has 0 atom stereocenters. The fourth-order valence-corrected chi connectivity index (χ4v) is 3.19. The Labute approximate surface area is 171 Å². The number of carbonyl (C=O) groups is 1. The van der Waals surface area contributed by atoms with Crippen molar-refractivity contribution in [2.75, 3.05) is 39.0 Å². The largest absolute Gasteiger partial charge is 0.497 e. The first kappa shape index (κ1) is 21.6. The van der Waals surface area contributed by atoms with Gasteiger partial charge in [-0.15, -0.1) is 11.8 Å². The highest BCUT2D eigenvalue weighted by atomic mass is 32.2. The van der Waals surface area contributed by atoms with Crippen molar-refractivity contribution in [3.63, 3.8) is 0 Å². The first-order valence-electron chi connectivity index (χ1n) is 9.35. The van der Waals surface area contributed by atoms with Crippen molar-refractivity contribution in [1.29, 1.82) is 0 Å². The summed E-state index contributed by atoms with van der Waals surface area (Å²) < 4.78 is 5.14. The molecule has 3 N–H and O–H groups in total. The lowest BCUT2D eigenvalue weighted by Gasteiger charge is -2.11. The molecule has 28 heavy (non-hydrogen) atoms. The molecule has 7 heteroatoms. The number of rotatable bonds is 10. The average molecular weight is 401 g/mol. The van der Waals surface area contributed by atoms with Crippen molar-refractivity contribution < 1.29 is 9.53 Å². The van der Waals surface area contributed by atoms with Gasteiger partial charge in [-0.2, -0.15) is 0 Å². The Bertz CT molecular complexity index is 753. The Hall–Kier alpha value is -2.67. The Morgan fingerprint density at radius 1 is 1.04 bits per heavy atom. The number of methoxy groups -OCH3 is 1. The fraction of sp³-hybridized carbons (Fsp3) is 0.333. The van der Waals surface area contributed by atoms with E-state index in [1.165, 1.54) is 4.90 Å². The van der Waals surface area contributed by atoms with E-state index in [0.29, 0.717) is 24.4 Å². The minimum absolute atomic E-state index is 0.133. The van der Waals surface area contributed by atoms with Crippen LogP contribution in [0.4, 0.5) is 0 Å². The second-order valence-corrected chi connectivity index (χ2v) is 7.01. The lowest BCUT2D eigenvalue weighted by molar-refractivity contribution is 0.0954. The monoisotopic (exact) mass is 400 g/mol. The lowest BCUT2D eigenvalue weighted by atomic mass is 10.2. The summed E-state index contributed by atoms with van der Waals surface area (Å²) in [6.45, 7) is 4.58. The van der Waals surface area contributed by atoms with Crippen molar-refractivity contribution in [2.45, 2.75) is 11.8 Å². The minimum atomic E-state index is -0.133. The third-order valence-electron chi connectivity index (χ3n) is 3.75. The van der Waals surface area contributed by atoms with E-state index in [1.807, 2.05) is 31.2 Å². The van der Waals surface area contributed by atoms with E-state index in [-0.39, 0.29) is 5.91 Å². The average Bonchev–Trinajstić information content (AvgIpc) is 2.74. The van der Waals surface area contributed by atoms with Gasteiger partial charge in [0.25, 0.3) is 5.91 Å². The summed E-state index contributed by atoms with van der Waals surface area (Å²) >= 11 is 1.80. The van der Waals surface area contributed by atoms with Crippen molar-refractivity contribution >= 4 is 23.6 Å². The SMILES string of the molecule is CCNC(=NCCNC(=O)c1cccc(OC)c1)NCCSc1ccccc1. The van der Waals surface area contributed by atoms with E-state index in [0.717, 1.165) is 24.8 Å². The highest BCUT2D eigenvalue weighted by Crippen LogP contribution is 2.15. The maximum atomic E-state index is 12.2. The van der Waals surface area contributed by atoms with Crippen LogP contribution in [0.2, 0.25) is 0 Å². The van der Waals surface area contributed by atoms with Crippen molar-refractivity contribution in [2.24, 2.45) is 4.99 Å². The van der Waals surface area contributed by atoms with Crippen LogP contribution in [-0.2, 0) is 0 Å². The molecule has 2 rings (SSSR count). The van der Waals surface area contributed by atoms with Gasteiger partial charge >= 0.3 is 0 Å². The molecule has 0 bridgehead atoms. The Morgan fingerprint density at radius 2 is 1.86 bits per heavy atom. The quantitative estimate of drug-likeness (QED) is 0.247. The predicted octanol–water partition coefficient (Wildman–Crippen LogP) is 2.77. The number of thioether (sulfide) groups is 1. The lowest BCUT2D eigenvalue weighted by Crippen LogP contribution is -2.39. The molecule has 1 amide bonds. The second-order valence-electron chi connectivity index (χ2n) is 5.84. The maximum absolute atomic E-state index is 12.2. The molecule has 0 aliphatic rings. The molecule has 0 aromatic heterocycles. The number of guanidine groups is 1. The summed E-state index contributed by atoms with van der Waals surface area (Å²) in [6.07, 6.45) is 0. The van der Waals surface area contributed by atoms with Gasteiger partial charge in [-0.1, -0.05) is 24.3 Å². The normalized spacial score (nSPS) is 11.0. The van der Waals surface area contributed by atoms with Crippen molar-refractivity contribution in [1.82, 2.24) is 16.0 Å². The van der Waals surface area contributed by atoms with Crippen LogP contribution in [0, 0.1) is 0 Å². The number of hydrogen-bond donors (Lipinski definition) is 3. The van der Waals surface area contributed by atoms with Gasteiger partial charge in [-0.05, 0) is 37.3 Å². The number of ether oxygens (including phenoxy) is 1. The summed E-state index contributed by atoms with van der Waals surface area (Å²) in [6, 6.07) is 17.4. The first-order valence-corrected chi connectivity index (χ1v) is 10.3. The van der Waals surface area contributed by atoms with Crippen LogP contribution in [-0.4, -0.2) is 50.9 Å².